The van der Waals surface area contributed by atoms with Crippen LogP contribution in [0.5, 0.6) is 5.75 Å². The second-order valence-electron chi connectivity index (χ2n) is 7.97. The lowest BCUT2D eigenvalue weighted by Gasteiger charge is -2.33. The van der Waals surface area contributed by atoms with E-state index >= 15 is 0 Å². The molecule has 3 nitrogen and oxygen atoms in total. The van der Waals surface area contributed by atoms with Gasteiger partial charge >= 0.3 is 6.36 Å². The number of hydrogen-bond acceptors (Lipinski definition) is 3. The normalized spacial score (nSPS) is 15.2. The lowest BCUT2D eigenvalue weighted by molar-refractivity contribution is -0.328. The van der Waals surface area contributed by atoms with E-state index < -0.39 is 19.3 Å². The van der Waals surface area contributed by atoms with E-state index in [4.69, 9.17) is 9.47 Å². The highest BCUT2D eigenvalue weighted by Crippen LogP contribution is 2.40. The Morgan fingerprint density at radius 1 is 1.00 bits per heavy atom. The summed E-state index contributed by atoms with van der Waals surface area (Å²) in [5, 5.41) is 0. The molecule has 0 amide bonds. The first-order chi connectivity index (χ1) is 11.9. The van der Waals surface area contributed by atoms with E-state index in [1.54, 1.807) is 6.92 Å². The topological polar surface area (TPSA) is 27.7 Å². The van der Waals surface area contributed by atoms with Gasteiger partial charge in [0.15, 0.2) is 6.29 Å². The second kappa shape index (κ2) is 9.60. The molecule has 0 aliphatic heterocycles. The molecular formula is C20H31F3O3. The molecule has 6 heteroatoms. The average Bonchev–Trinajstić information content (AvgIpc) is 2.47. The zero-order valence-electron chi connectivity index (χ0n) is 16.5. The molecule has 0 saturated carbocycles. The lowest BCUT2D eigenvalue weighted by Crippen LogP contribution is -2.23. The van der Waals surface area contributed by atoms with Crippen molar-refractivity contribution in [2.75, 3.05) is 13.2 Å². The van der Waals surface area contributed by atoms with Crippen molar-refractivity contribution in [1.82, 2.24) is 0 Å². The molecule has 1 aromatic rings. The summed E-state index contributed by atoms with van der Waals surface area (Å²) in [6.45, 7) is 12.0. The number of alkyl halides is 3. The van der Waals surface area contributed by atoms with Crippen molar-refractivity contribution in [2.24, 2.45) is 11.3 Å². The van der Waals surface area contributed by atoms with Crippen LogP contribution in [0.25, 0.3) is 0 Å². The smallest absolute Gasteiger partial charge is 0.465 e. The molecule has 0 fully saturated rings. The Morgan fingerprint density at radius 2 is 1.65 bits per heavy atom. The van der Waals surface area contributed by atoms with Gasteiger partial charge in [0.25, 0.3) is 0 Å². The highest BCUT2D eigenvalue weighted by molar-refractivity contribution is 5.32. The zero-order chi connectivity index (χ0) is 20.0. The van der Waals surface area contributed by atoms with Crippen LogP contribution in [0.4, 0.5) is 13.2 Å². The van der Waals surface area contributed by atoms with E-state index in [2.05, 4.69) is 45.4 Å². The van der Waals surface area contributed by atoms with Gasteiger partial charge in [-0.25, -0.2) is 0 Å². The fourth-order valence-electron chi connectivity index (χ4n) is 2.86. The maximum Gasteiger partial charge on any atom is 0.522 e. The molecule has 2 atom stereocenters. The molecule has 150 valence electrons. The van der Waals surface area contributed by atoms with Crippen molar-refractivity contribution in [3.05, 3.63) is 29.8 Å². The maximum absolute atomic E-state index is 11.9. The van der Waals surface area contributed by atoms with Crippen molar-refractivity contribution >= 4 is 0 Å². The molecule has 2 unspecified atom stereocenters. The molecular weight excluding hydrogens is 345 g/mol. The largest absolute Gasteiger partial charge is 0.522 e. The molecule has 26 heavy (non-hydrogen) atoms. The van der Waals surface area contributed by atoms with Crippen LogP contribution in [-0.2, 0) is 9.47 Å². The van der Waals surface area contributed by atoms with E-state index in [1.165, 1.54) is 5.56 Å². The van der Waals surface area contributed by atoms with E-state index in [-0.39, 0.29) is 12.0 Å². The van der Waals surface area contributed by atoms with Crippen molar-refractivity contribution in [3.63, 3.8) is 0 Å². The van der Waals surface area contributed by atoms with Gasteiger partial charge in [0, 0.05) is 0 Å². The van der Waals surface area contributed by atoms with Gasteiger partial charge in [-0.1, -0.05) is 46.8 Å². The minimum Gasteiger partial charge on any atom is -0.465 e. The highest BCUT2D eigenvalue weighted by Gasteiger charge is 2.29. The molecule has 0 heterocycles. The first-order valence-electron chi connectivity index (χ1n) is 8.97. The number of benzene rings is 1. The van der Waals surface area contributed by atoms with Crippen LogP contribution < -0.4 is 4.74 Å². The van der Waals surface area contributed by atoms with Crippen LogP contribution in [-0.4, -0.2) is 25.9 Å². The predicted octanol–water partition coefficient (Wildman–Crippen LogP) is 6.14. The fraction of sp³-hybridized carbons (Fsp3) is 0.700. The maximum atomic E-state index is 11.9. The first-order valence-corrected chi connectivity index (χ1v) is 8.97. The van der Waals surface area contributed by atoms with E-state index in [0.29, 0.717) is 17.6 Å². The lowest BCUT2D eigenvalue weighted by atomic mass is 9.72. The Labute approximate surface area is 154 Å². The monoisotopic (exact) mass is 376 g/mol. The highest BCUT2D eigenvalue weighted by atomic mass is 19.4. The van der Waals surface area contributed by atoms with Crippen LogP contribution in [0.15, 0.2) is 24.3 Å². The van der Waals surface area contributed by atoms with Gasteiger partial charge in [-0.15, -0.1) is 13.2 Å². The minimum atomic E-state index is -4.64. The van der Waals surface area contributed by atoms with Gasteiger partial charge in [0.2, 0.25) is 0 Å². The fourth-order valence-corrected chi connectivity index (χ4v) is 2.86. The van der Waals surface area contributed by atoms with Crippen LogP contribution in [0.2, 0.25) is 0 Å². The van der Waals surface area contributed by atoms with Gasteiger partial charge in [0.1, 0.15) is 5.75 Å². The third-order valence-corrected chi connectivity index (χ3v) is 4.02. The third-order valence-electron chi connectivity index (χ3n) is 4.02. The first kappa shape index (κ1) is 22.8. The minimum absolute atomic E-state index is 0.111. The number of ether oxygens (including phenoxy) is 3. The van der Waals surface area contributed by atoms with E-state index in [1.807, 2.05) is 18.2 Å². The van der Waals surface area contributed by atoms with Gasteiger partial charge in [-0.05, 0) is 48.3 Å². The summed E-state index contributed by atoms with van der Waals surface area (Å²) in [6.07, 6.45) is -4.24. The van der Waals surface area contributed by atoms with Gasteiger partial charge in [0.05, 0.1) is 13.2 Å². The van der Waals surface area contributed by atoms with Crippen molar-refractivity contribution in [1.29, 1.82) is 0 Å². The number of halogens is 3. The van der Waals surface area contributed by atoms with Gasteiger partial charge < -0.3 is 9.47 Å². The Morgan fingerprint density at radius 3 is 2.19 bits per heavy atom. The molecule has 0 aliphatic carbocycles. The third kappa shape index (κ3) is 8.90. The summed E-state index contributed by atoms with van der Waals surface area (Å²) in [5.41, 5.74) is 1.30. The van der Waals surface area contributed by atoms with Crippen molar-refractivity contribution in [3.8, 4) is 5.75 Å². The van der Waals surface area contributed by atoms with Crippen LogP contribution >= 0.6 is 0 Å². The van der Waals surface area contributed by atoms with Gasteiger partial charge in [-0.3, -0.25) is 4.74 Å². The van der Waals surface area contributed by atoms with Crippen LogP contribution in [0.3, 0.4) is 0 Å². The molecule has 0 bridgehead atoms. The second-order valence-corrected chi connectivity index (χ2v) is 7.97. The number of hydrogen-bond donors (Lipinski definition) is 0. The molecule has 1 aromatic carbocycles. The summed E-state index contributed by atoms with van der Waals surface area (Å²) in [4.78, 5) is 0. The zero-order valence-corrected chi connectivity index (χ0v) is 16.5. The van der Waals surface area contributed by atoms with Crippen LogP contribution in [0.1, 0.15) is 59.4 Å². The Hall–Kier alpha value is -1.27. The predicted molar refractivity (Wildman–Crippen MR) is 96.1 cm³/mol. The van der Waals surface area contributed by atoms with E-state index in [0.717, 1.165) is 6.42 Å². The summed E-state index contributed by atoms with van der Waals surface area (Å²) in [7, 11) is 0. The Bertz CT molecular complexity index is 536. The SMILES string of the molecule is CC(C)CC(c1cccc(OC(C)OCCOC(F)(F)F)c1)C(C)(C)C. The quantitative estimate of drug-likeness (QED) is 0.383. The number of rotatable bonds is 9. The van der Waals surface area contributed by atoms with Gasteiger partial charge in [-0.2, -0.15) is 0 Å². The molecule has 0 radical (unpaired) electrons. The summed E-state index contributed by atoms with van der Waals surface area (Å²) in [5.74, 6) is 1.59. The summed E-state index contributed by atoms with van der Waals surface area (Å²) in [6, 6.07) is 7.84. The molecule has 1 rings (SSSR count). The molecule has 0 aliphatic rings. The Kier molecular flexibility index (Phi) is 8.41. The molecule has 0 N–H and O–H groups in total. The van der Waals surface area contributed by atoms with E-state index in [9.17, 15) is 13.2 Å². The van der Waals surface area contributed by atoms with Crippen molar-refractivity contribution in [2.45, 2.75) is 66.5 Å². The van der Waals surface area contributed by atoms with Crippen LogP contribution in [0, 0.1) is 11.3 Å². The average molecular weight is 376 g/mol. The Balaban J connectivity index is 2.67. The summed E-state index contributed by atoms with van der Waals surface area (Å²) >= 11 is 0. The molecule has 0 aromatic heterocycles. The summed E-state index contributed by atoms with van der Waals surface area (Å²) < 4.78 is 50.4. The standard InChI is InChI=1S/C20H31F3O3/c1-14(2)12-18(19(4,5)6)16-8-7-9-17(13-16)26-15(3)24-10-11-25-20(21,22)23/h7-9,13-15,18H,10-12H2,1-6H3. The molecule has 0 spiro atoms. The van der Waals surface area contributed by atoms with Crippen molar-refractivity contribution < 1.29 is 27.4 Å². The molecule has 0 saturated heterocycles.